The van der Waals surface area contributed by atoms with Crippen LogP contribution < -0.4 is 10.5 Å². The van der Waals surface area contributed by atoms with Gasteiger partial charge in [0.1, 0.15) is 18.5 Å². The average molecular weight is 449 g/mol. The molecule has 3 N–H and O–H groups in total. The third-order valence-corrected chi connectivity index (χ3v) is 5.91. The van der Waals surface area contributed by atoms with Gasteiger partial charge in [-0.15, -0.1) is 0 Å². The summed E-state index contributed by atoms with van der Waals surface area (Å²) < 4.78 is 6.02. The topological polar surface area (TPSA) is 99.3 Å². The molecular weight excluding hydrogens is 408 g/mol. The van der Waals surface area contributed by atoms with E-state index in [0.717, 1.165) is 16.9 Å². The maximum atomic E-state index is 12.5. The highest BCUT2D eigenvalue weighted by Crippen LogP contribution is 2.32. The van der Waals surface area contributed by atoms with Crippen LogP contribution in [0.15, 0.2) is 18.2 Å². The lowest BCUT2D eigenvalue weighted by molar-refractivity contribution is -0.130. The molecule has 0 spiro atoms. The first-order valence-corrected chi connectivity index (χ1v) is 11.5. The van der Waals surface area contributed by atoms with Crippen LogP contribution in [0.25, 0.3) is 0 Å². The highest BCUT2D eigenvalue weighted by atomic mass is 16.5. The van der Waals surface area contributed by atoms with Crippen LogP contribution in [-0.2, 0) is 16.6 Å². The Balaban J connectivity index is 1.98. The second-order valence-electron chi connectivity index (χ2n) is 9.41. The molecule has 0 aliphatic carbocycles. The lowest BCUT2D eigenvalue weighted by Gasteiger charge is -2.34. The standard InChI is InChI=1S/C24H40N4O4/c1-6-27(7-2)22(30)15-18-8-9-21(20(14-18)24(3,4)5)32-17-19(29)16-26-10-12-28(13-11-26)23(25)31/h8-9,14,19,29H,6-7,10-13,15-17H2,1-5H3,(H2,25,31). The number of carbonyl (C=O) groups excluding carboxylic acids is 2. The van der Waals surface area contributed by atoms with E-state index < -0.39 is 12.1 Å². The van der Waals surface area contributed by atoms with Gasteiger partial charge in [-0.05, 0) is 36.5 Å². The van der Waals surface area contributed by atoms with Crippen LogP contribution in [0.3, 0.4) is 0 Å². The number of piperazine rings is 1. The van der Waals surface area contributed by atoms with Crippen molar-refractivity contribution in [2.45, 2.75) is 52.6 Å². The number of aliphatic hydroxyl groups is 1. The van der Waals surface area contributed by atoms with Gasteiger partial charge in [0.2, 0.25) is 5.91 Å². The Bertz CT molecular complexity index is 766. The van der Waals surface area contributed by atoms with Crippen molar-refractivity contribution in [1.29, 1.82) is 0 Å². The summed E-state index contributed by atoms with van der Waals surface area (Å²) in [6, 6.07) is 5.49. The number of ether oxygens (including phenoxy) is 1. The van der Waals surface area contributed by atoms with Crippen molar-refractivity contribution in [3.63, 3.8) is 0 Å². The first-order chi connectivity index (χ1) is 15.0. The Labute approximate surface area is 192 Å². The summed E-state index contributed by atoms with van der Waals surface area (Å²) >= 11 is 0. The van der Waals surface area contributed by atoms with Gasteiger partial charge in [-0.25, -0.2) is 4.79 Å². The number of aliphatic hydroxyl groups excluding tert-OH is 1. The molecule has 1 unspecified atom stereocenters. The molecule has 32 heavy (non-hydrogen) atoms. The van der Waals surface area contributed by atoms with Crippen molar-refractivity contribution >= 4 is 11.9 Å². The zero-order valence-corrected chi connectivity index (χ0v) is 20.3. The molecule has 0 bridgehead atoms. The Morgan fingerprint density at radius 3 is 2.31 bits per heavy atom. The Morgan fingerprint density at radius 2 is 1.78 bits per heavy atom. The van der Waals surface area contributed by atoms with Crippen molar-refractivity contribution in [3.05, 3.63) is 29.3 Å². The maximum absolute atomic E-state index is 12.5. The minimum atomic E-state index is -0.646. The SMILES string of the molecule is CCN(CC)C(=O)Cc1ccc(OCC(O)CN2CCN(C(N)=O)CC2)c(C(C)(C)C)c1. The zero-order valence-electron chi connectivity index (χ0n) is 20.3. The van der Waals surface area contributed by atoms with E-state index in [1.165, 1.54) is 0 Å². The predicted molar refractivity (Wildman–Crippen MR) is 126 cm³/mol. The number of carbonyl (C=O) groups is 2. The highest BCUT2D eigenvalue weighted by molar-refractivity contribution is 5.79. The molecule has 3 amide bonds. The van der Waals surface area contributed by atoms with E-state index in [-0.39, 0.29) is 17.9 Å². The van der Waals surface area contributed by atoms with Crippen molar-refractivity contribution < 1.29 is 19.4 Å². The fraction of sp³-hybridized carbons (Fsp3) is 0.667. The quantitative estimate of drug-likeness (QED) is 0.600. The van der Waals surface area contributed by atoms with Crippen LogP contribution in [-0.4, -0.2) is 90.3 Å². The fourth-order valence-electron chi connectivity index (χ4n) is 3.95. The van der Waals surface area contributed by atoms with Gasteiger partial charge >= 0.3 is 6.03 Å². The summed E-state index contributed by atoms with van der Waals surface area (Å²) in [5.41, 5.74) is 7.14. The van der Waals surface area contributed by atoms with Crippen LogP contribution in [0, 0.1) is 0 Å². The summed E-state index contributed by atoms with van der Waals surface area (Å²) in [6.45, 7) is 14.9. The largest absolute Gasteiger partial charge is 0.491 e. The molecule has 1 aliphatic rings. The number of benzene rings is 1. The minimum Gasteiger partial charge on any atom is -0.491 e. The molecule has 1 atom stereocenters. The monoisotopic (exact) mass is 448 g/mol. The first-order valence-electron chi connectivity index (χ1n) is 11.5. The van der Waals surface area contributed by atoms with E-state index in [2.05, 4.69) is 25.7 Å². The van der Waals surface area contributed by atoms with E-state index in [1.54, 1.807) is 4.90 Å². The number of rotatable bonds is 9. The van der Waals surface area contributed by atoms with E-state index in [1.807, 2.05) is 36.9 Å². The van der Waals surface area contributed by atoms with Crippen LogP contribution in [0.5, 0.6) is 5.75 Å². The molecular formula is C24H40N4O4. The van der Waals surface area contributed by atoms with Crippen LogP contribution in [0.4, 0.5) is 4.79 Å². The Hall–Kier alpha value is -2.32. The van der Waals surface area contributed by atoms with Gasteiger partial charge in [0, 0.05) is 45.8 Å². The van der Waals surface area contributed by atoms with Gasteiger partial charge < -0.3 is 25.4 Å². The second-order valence-corrected chi connectivity index (χ2v) is 9.41. The molecule has 2 rings (SSSR count). The van der Waals surface area contributed by atoms with E-state index >= 15 is 0 Å². The molecule has 0 radical (unpaired) electrons. The van der Waals surface area contributed by atoms with Crippen LogP contribution >= 0.6 is 0 Å². The molecule has 8 heteroatoms. The normalized spacial score (nSPS) is 16.0. The number of β-amino-alcohol motifs (C(OH)–C–C–N with tert-alkyl or cyclic N) is 1. The molecule has 1 fully saturated rings. The third kappa shape index (κ3) is 7.38. The summed E-state index contributed by atoms with van der Waals surface area (Å²) in [7, 11) is 0. The lowest BCUT2D eigenvalue weighted by atomic mass is 9.85. The number of likely N-dealkylation sites (N-methyl/N-ethyl adjacent to an activating group) is 1. The molecule has 0 aromatic heterocycles. The summed E-state index contributed by atoms with van der Waals surface area (Å²) in [6.07, 6.45) is -0.280. The summed E-state index contributed by atoms with van der Waals surface area (Å²) in [5.74, 6) is 0.851. The van der Waals surface area contributed by atoms with Crippen LogP contribution in [0.1, 0.15) is 45.7 Å². The first kappa shape index (κ1) is 25.9. The molecule has 1 aromatic carbocycles. The predicted octanol–water partition coefficient (Wildman–Crippen LogP) is 1.83. The van der Waals surface area contributed by atoms with Crippen molar-refractivity contribution in [2.75, 3.05) is 52.4 Å². The van der Waals surface area contributed by atoms with E-state index in [0.29, 0.717) is 52.2 Å². The fourth-order valence-corrected chi connectivity index (χ4v) is 3.95. The van der Waals surface area contributed by atoms with Gasteiger partial charge in [0.15, 0.2) is 0 Å². The van der Waals surface area contributed by atoms with E-state index in [9.17, 15) is 14.7 Å². The van der Waals surface area contributed by atoms with Crippen molar-refractivity contribution in [3.8, 4) is 5.75 Å². The molecule has 8 nitrogen and oxygen atoms in total. The molecule has 0 saturated carbocycles. The number of primary amides is 1. The lowest BCUT2D eigenvalue weighted by Crippen LogP contribution is -2.52. The Morgan fingerprint density at radius 1 is 1.16 bits per heavy atom. The zero-order chi connectivity index (χ0) is 23.9. The van der Waals surface area contributed by atoms with Crippen LogP contribution in [0.2, 0.25) is 0 Å². The van der Waals surface area contributed by atoms with Gasteiger partial charge in [-0.3, -0.25) is 9.69 Å². The van der Waals surface area contributed by atoms with Crippen molar-refractivity contribution in [1.82, 2.24) is 14.7 Å². The number of nitrogens with zero attached hydrogens (tertiary/aromatic N) is 3. The molecule has 1 aliphatic heterocycles. The number of nitrogens with two attached hydrogens (primary N) is 1. The number of hydrogen-bond acceptors (Lipinski definition) is 5. The molecule has 1 aromatic rings. The smallest absolute Gasteiger partial charge is 0.314 e. The van der Waals surface area contributed by atoms with Gasteiger partial charge in [-0.2, -0.15) is 0 Å². The highest BCUT2D eigenvalue weighted by Gasteiger charge is 2.23. The average Bonchev–Trinajstić information content (AvgIpc) is 2.73. The number of hydrogen-bond donors (Lipinski definition) is 2. The second kappa shape index (κ2) is 11.5. The number of amides is 3. The molecule has 1 heterocycles. The minimum absolute atomic E-state index is 0.121. The number of urea groups is 1. The summed E-state index contributed by atoms with van der Waals surface area (Å²) in [5, 5.41) is 10.5. The van der Waals surface area contributed by atoms with Gasteiger partial charge in [0.05, 0.1) is 6.42 Å². The maximum Gasteiger partial charge on any atom is 0.314 e. The van der Waals surface area contributed by atoms with Gasteiger partial charge in [0.25, 0.3) is 0 Å². The van der Waals surface area contributed by atoms with Crippen molar-refractivity contribution in [2.24, 2.45) is 5.73 Å². The third-order valence-electron chi connectivity index (χ3n) is 5.91. The Kier molecular flexibility index (Phi) is 9.33. The summed E-state index contributed by atoms with van der Waals surface area (Å²) in [4.78, 5) is 29.3. The van der Waals surface area contributed by atoms with Gasteiger partial charge in [-0.1, -0.05) is 32.9 Å². The van der Waals surface area contributed by atoms with E-state index in [4.69, 9.17) is 10.5 Å². The molecule has 180 valence electrons. The molecule has 1 saturated heterocycles.